The number of pyridine rings is 1. The molecule has 1 N–H and O–H groups in total. The summed E-state index contributed by atoms with van der Waals surface area (Å²) in [4.78, 5) is 16.9. The molecule has 0 bridgehead atoms. The lowest BCUT2D eigenvalue weighted by Gasteiger charge is -2.06. The van der Waals surface area contributed by atoms with Crippen molar-refractivity contribution in [2.24, 2.45) is 5.10 Å². The van der Waals surface area contributed by atoms with Crippen LogP contribution in [-0.2, 0) is 11.2 Å². The fourth-order valence-corrected chi connectivity index (χ4v) is 2.64. The van der Waals surface area contributed by atoms with Crippen molar-refractivity contribution in [3.05, 3.63) is 59.4 Å². The number of benzene rings is 1. The van der Waals surface area contributed by atoms with Crippen LogP contribution in [0.3, 0.4) is 0 Å². The average Bonchev–Trinajstić information content (AvgIpc) is 2.91. The van der Waals surface area contributed by atoms with Crippen LogP contribution in [0.2, 0.25) is 0 Å². The molecule has 2 heterocycles. The van der Waals surface area contributed by atoms with Crippen molar-refractivity contribution in [2.45, 2.75) is 27.2 Å². The molecule has 0 atom stereocenters. The Kier molecular flexibility index (Phi) is 4.42. The highest BCUT2D eigenvalue weighted by Gasteiger charge is 2.17. The van der Waals surface area contributed by atoms with E-state index in [9.17, 15) is 4.79 Å². The Hall–Kier alpha value is -2.95. The molecule has 122 valence electrons. The monoisotopic (exact) mass is 320 g/mol. The highest BCUT2D eigenvalue weighted by Crippen LogP contribution is 2.25. The Bertz CT molecular complexity index is 907. The summed E-state index contributed by atoms with van der Waals surface area (Å²) in [5.74, 6) is -0.162. The van der Waals surface area contributed by atoms with Crippen LogP contribution in [0.25, 0.3) is 16.9 Å². The summed E-state index contributed by atoms with van der Waals surface area (Å²) >= 11 is 0. The molecule has 0 radical (unpaired) electrons. The maximum Gasteiger partial charge on any atom is 0.246 e. The number of nitrogens with one attached hydrogen (secondary N) is 1. The lowest BCUT2D eigenvalue weighted by atomic mass is 10.1. The zero-order valence-electron chi connectivity index (χ0n) is 14.1. The zero-order chi connectivity index (χ0) is 17.1. The number of hydrogen-bond acceptors (Lipinski definition) is 3. The molecule has 5 nitrogen and oxygen atoms in total. The molecule has 0 saturated carbocycles. The van der Waals surface area contributed by atoms with Crippen molar-refractivity contribution >= 4 is 17.8 Å². The third-order valence-electron chi connectivity index (χ3n) is 3.84. The Balaban J connectivity index is 2.11. The number of hydrogen-bond donors (Lipinski definition) is 1. The zero-order valence-corrected chi connectivity index (χ0v) is 14.1. The normalized spacial score (nSPS) is 11.3. The first-order chi connectivity index (χ1) is 11.6. The first-order valence-electron chi connectivity index (χ1n) is 7.89. The molecule has 1 aromatic carbocycles. The van der Waals surface area contributed by atoms with Gasteiger partial charge in [-0.3, -0.25) is 4.79 Å². The number of carbonyl (C=O) groups is 1. The molecule has 3 aromatic rings. The number of aromatic nitrogens is 2. The van der Waals surface area contributed by atoms with E-state index >= 15 is 0 Å². The number of carbonyl (C=O) groups excluding carboxylic acids is 1. The van der Waals surface area contributed by atoms with Crippen LogP contribution in [-0.4, -0.2) is 21.5 Å². The molecule has 0 saturated heterocycles. The Morgan fingerprint density at radius 3 is 2.58 bits per heavy atom. The lowest BCUT2D eigenvalue weighted by Crippen LogP contribution is -2.20. The molecule has 1 amide bonds. The van der Waals surface area contributed by atoms with Gasteiger partial charge in [0.2, 0.25) is 5.91 Å². The van der Waals surface area contributed by atoms with Gasteiger partial charge in [-0.2, -0.15) is 5.10 Å². The van der Waals surface area contributed by atoms with Crippen LogP contribution in [0.5, 0.6) is 0 Å². The second-order valence-corrected chi connectivity index (χ2v) is 5.81. The summed E-state index contributed by atoms with van der Waals surface area (Å²) in [6.45, 7) is 5.83. The van der Waals surface area contributed by atoms with Crippen LogP contribution < -0.4 is 5.43 Å². The number of imidazole rings is 1. The summed E-state index contributed by atoms with van der Waals surface area (Å²) in [5.41, 5.74) is 8.36. The molecular weight excluding hydrogens is 300 g/mol. The van der Waals surface area contributed by atoms with Gasteiger partial charge in [0.1, 0.15) is 5.65 Å². The van der Waals surface area contributed by atoms with Crippen molar-refractivity contribution in [2.75, 3.05) is 0 Å². The van der Waals surface area contributed by atoms with E-state index < -0.39 is 0 Å². The van der Waals surface area contributed by atoms with E-state index in [4.69, 9.17) is 4.98 Å². The van der Waals surface area contributed by atoms with Gasteiger partial charge in [0.25, 0.3) is 0 Å². The molecule has 0 aliphatic heterocycles. The predicted octanol–water partition coefficient (Wildman–Crippen LogP) is 3.28. The molecule has 24 heavy (non-hydrogen) atoms. The third kappa shape index (κ3) is 3.20. The van der Waals surface area contributed by atoms with Gasteiger partial charge in [-0.15, -0.1) is 0 Å². The number of rotatable bonds is 4. The molecule has 3 rings (SSSR count). The standard InChI is InChI=1S/C19H20N4O/c1-4-20-22-18(24)11-16-19(15-8-5-13(2)6-9-15)21-17-10-7-14(3)12-23(16)17/h4-10,12H,11H2,1-3H3,(H,22,24)/b20-4+. The Morgan fingerprint density at radius 1 is 1.17 bits per heavy atom. The quantitative estimate of drug-likeness (QED) is 0.592. The van der Waals surface area contributed by atoms with Gasteiger partial charge >= 0.3 is 0 Å². The number of fused-ring (bicyclic) bond motifs is 1. The number of amides is 1. The van der Waals surface area contributed by atoms with Gasteiger partial charge in [0.15, 0.2) is 0 Å². The number of aryl methyl sites for hydroxylation is 2. The third-order valence-corrected chi connectivity index (χ3v) is 3.84. The molecule has 0 aliphatic carbocycles. The predicted molar refractivity (Wildman–Crippen MR) is 96.1 cm³/mol. The van der Waals surface area contributed by atoms with Crippen LogP contribution in [0.1, 0.15) is 23.7 Å². The summed E-state index contributed by atoms with van der Waals surface area (Å²) in [5, 5.41) is 3.81. The minimum atomic E-state index is -0.162. The van der Waals surface area contributed by atoms with Crippen LogP contribution in [0, 0.1) is 13.8 Å². The van der Waals surface area contributed by atoms with Crippen LogP contribution in [0.15, 0.2) is 47.7 Å². The van der Waals surface area contributed by atoms with E-state index in [1.54, 1.807) is 13.1 Å². The van der Waals surface area contributed by atoms with Crippen molar-refractivity contribution in [1.29, 1.82) is 0 Å². The van der Waals surface area contributed by atoms with E-state index in [0.29, 0.717) is 0 Å². The first-order valence-corrected chi connectivity index (χ1v) is 7.89. The van der Waals surface area contributed by atoms with Gasteiger partial charge in [0, 0.05) is 18.0 Å². The van der Waals surface area contributed by atoms with Gasteiger partial charge < -0.3 is 4.40 Å². The van der Waals surface area contributed by atoms with Crippen molar-refractivity contribution in [3.8, 4) is 11.3 Å². The van der Waals surface area contributed by atoms with Gasteiger partial charge in [0.05, 0.1) is 17.8 Å². The molecule has 0 aliphatic rings. The molecule has 0 spiro atoms. The second-order valence-electron chi connectivity index (χ2n) is 5.81. The summed E-state index contributed by atoms with van der Waals surface area (Å²) in [6.07, 6.45) is 3.77. The Labute approximate surface area is 141 Å². The maximum absolute atomic E-state index is 12.2. The van der Waals surface area contributed by atoms with Gasteiger partial charge in [-0.1, -0.05) is 35.9 Å². The van der Waals surface area contributed by atoms with E-state index in [1.165, 1.54) is 5.56 Å². The minimum Gasteiger partial charge on any atom is -0.303 e. The largest absolute Gasteiger partial charge is 0.303 e. The van der Waals surface area contributed by atoms with Gasteiger partial charge in [-0.25, -0.2) is 10.4 Å². The highest BCUT2D eigenvalue weighted by molar-refractivity contribution is 5.82. The smallest absolute Gasteiger partial charge is 0.246 e. The summed E-state index contributed by atoms with van der Waals surface area (Å²) in [7, 11) is 0. The lowest BCUT2D eigenvalue weighted by molar-refractivity contribution is -0.120. The van der Waals surface area contributed by atoms with E-state index in [2.05, 4.69) is 22.7 Å². The first kappa shape index (κ1) is 15.9. The van der Waals surface area contributed by atoms with Gasteiger partial charge in [-0.05, 0) is 32.4 Å². The number of nitrogens with zero attached hydrogens (tertiary/aromatic N) is 3. The molecule has 0 fully saturated rings. The fraction of sp³-hybridized carbons (Fsp3) is 0.211. The van der Waals surface area contributed by atoms with E-state index in [1.807, 2.05) is 48.7 Å². The summed E-state index contributed by atoms with van der Waals surface area (Å²) < 4.78 is 1.99. The number of hydrazone groups is 1. The van der Waals surface area contributed by atoms with E-state index in [0.717, 1.165) is 28.2 Å². The topological polar surface area (TPSA) is 58.8 Å². The molecule has 5 heteroatoms. The fourth-order valence-electron chi connectivity index (χ4n) is 2.64. The van der Waals surface area contributed by atoms with Crippen LogP contribution in [0.4, 0.5) is 0 Å². The maximum atomic E-state index is 12.2. The van der Waals surface area contributed by atoms with Crippen molar-refractivity contribution in [3.63, 3.8) is 0 Å². The average molecular weight is 320 g/mol. The van der Waals surface area contributed by atoms with Crippen molar-refractivity contribution < 1.29 is 4.79 Å². The van der Waals surface area contributed by atoms with Crippen LogP contribution >= 0.6 is 0 Å². The SMILES string of the molecule is C/C=N/NC(=O)Cc1c(-c2ccc(C)cc2)nc2ccc(C)cn12. The van der Waals surface area contributed by atoms with E-state index in [-0.39, 0.29) is 12.3 Å². The van der Waals surface area contributed by atoms with Crippen molar-refractivity contribution in [1.82, 2.24) is 14.8 Å². The highest BCUT2D eigenvalue weighted by atomic mass is 16.2. The molecule has 0 unspecified atom stereocenters. The Morgan fingerprint density at radius 2 is 1.88 bits per heavy atom. The molecule has 2 aromatic heterocycles. The minimum absolute atomic E-state index is 0.162. The molecular formula is C19H20N4O. The second kappa shape index (κ2) is 6.66. The summed E-state index contributed by atoms with van der Waals surface area (Å²) in [6, 6.07) is 12.2.